The van der Waals surface area contributed by atoms with E-state index in [2.05, 4.69) is 38.2 Å². The van der Waals surface area contributed by atoms with Gasteiger partial charge in [-0.3, -0.25) is 9.59 Å². The number of amides is 1. The maximum absolute atomic E-state index is 13.5. The first-order chi connectivity index (χ1) is 17.3. The number of nitrogens with one attached hydrogen (secondary N) is 2. The molecule has 0 radical (unpaired) electrons. The van der Waals surface area contributed by atoms with Gasteiger partial charge in [-0.05, 0) is 82.3 Å². The Bertz CT molecular complexity index is 1290. The van der Waals surface area contributed by atoms with Gasteiger partial charge in [0, 0.05) is 59.6 Å². The summed E-state index contributed by atoms with van der Waals surface area (Å²) in [5, 5.41) is 3.00. The number of benzene rings is 1. The fourth-order valence-electron chi connectivity index (χ4n) is 5.32. The van der Waals surface area contributed by atoms with Crippen molar-refractivity contribution in [2.24, 2.45) is 0 Å². The van der Waals surface area contributed by atoms with Crippen molar-refractivity contribution in [1.29, 1.82) is 0 Å². The maximum atomic E-state index is 13.5. The van der Waals surface area contributed by atoms with E-state index in [9.17, 15) is 9.59 Å². The fraction of sp³-hybridized carbons (Fsp3) is 0.448. The Kier molecular flexibility index (Phi) is 7.87. The van der Waals surface area contributed by atoms with Crippen LogP contribution in [0.25, 0.3) is 11.1 Å². The Labute approximate surface area is 213 Å². The van der Waals surface area contributed by atoms with E-state index in [1.54, 1.807) is 0 Å². The number of hydrogen-bond acceptors (Lipinski definition) is 5. The zero-order chi connectivity index (χ0) is 25.8. The molecule has 0 atom stereocenters. The molecule has 190 valence electrons. The first-order valence-corrected chi connectivity index (χ1v) is 13.0. The molecule has 2 N–H and O–H groups in total. The summed E-state index contributed by atoms with van der Waals surface area (Å²) in [7, 11) is 0. The van der Waals surface area contributed by atoms with Gasteiger partial charge in [-0.25, -0.2) is 9.97 Å². The predicted molar refractivity (Wildman–Crippen MR) is 145 cm³/mol. The molecule has 1 saturated carbocycles. The van der Waals surface area contributed by atoms with Crippen molar-refractivity contribution in [3.8, 4) is 11.1 Å². The minimum atomic E-state index is -0.192. The highest BCUT2D eigenvalue weighted by atomic mass is 16.1. The van der Waals surface area contributed by atoms with Gasteiger partial charge in [0.15, 0.2) is 0 Å². The zero-order valence-corrected chi connectivity index (χ0v) is 22.1. The number of carbonyl (C=O) groups is 1. The quantitative estimate of drug-likeness (QED) is 0.481. The zero-order valence-electron chi connectivity index (χ0n) is 22.1. The lowest BCUT2D eigenvalue weighted by Crippen LogP contribution is -2.37. The van der Waals surface area contributed by atoms with E-state index in [0.29, 0.717) is 23.0 Å². The molecule has 0 unspecified atom stereocenters. The van der Waals surface area contributed by atoms with Gasteiger partial charge in [0.2, 0.25) is 0 Å². The first-order valence-electron chi connectivity index (χ1n) is 13.0. The van der Waals surface area contributed by atoms with Gasteiger partial charge in [0.05, 0.1) is 0 Å². The number of hydrogen-bond donors (Lipinski definition) is 2. The van der Waals surface area contributed by atoms with E-state index in [1.807, 2.05) is 52.2 Å². The Morgan fingerprint density at radius 1 is 1.03 bits per heavy atom. The Hall–Kier alpha value is -3.48. The molecular formula is C29H37N5O2. The van der Waals surface area contributed by atoms with Crippen LogP contribution in [0.2, 0.25) is 0 Å². The third-order valence-electron chi connectivity index (χ3n) is 7.32. The molecule has 0 aliphatic heterocycles. The molecule has 0 spiro atoms. The van der Waals surface area contributed by atoms with Crippen LogP contribution in [-0.2, 0) is 6.54 Å². The van der Waals surface area contributed by atoms with E-state index in [1.165, 1.54) is 32.1 Å². The number of pyridine rings is 1. The summed E-state index contributed by atoms with van der Waals surface area (Å²) >= 11 is 0. The van der Waals surface area contributed by atoms with Crippen LogP contribution in [0.15, 0.2) is 35.4 Å². The Balaban J connectivity index is 1.73. The highest BCUT2D eigenvalue weighted by Gasteiger charge is 2.24. The van der Waals surface area contributed by atoms with Crippen LogP contribution >= 0.6 is 0 Å². The summed E-state index contributed by atoms with van der Waals surface area (Å²) in [5.41, 5.74) is 6.53. The third-order valence-corrected chi connectivity index (χ3v) is 7.32. The van der Waals surface area contributed by atoms with Gasteiger partial charge in [-0.15, -0.1) is 0 Å². The number of aryl methyl sites for hydroxylation is 3. The topological polar surface area (TPSA) is 91.0 Å². The molecule has 7 nitrogen and oxygen atoms in total. The molecule has 1 amide bonds. The van der Waals surface area contributed by atoms with Crippen molar-refractivity contribution in [3.63, 3.8) is 0 Å². The number of anilines is 1. The van der Waals surface area contributed by atoms with Crippen LogP contribution in [0.1, 0.15) is 77.6 Å². The molecular weight excluding hydrogens is 450 g/mol. The number of aromatic amines is 1. The van der Waals surface area contributed by atoms with E-state index in [0.717, 1.165) is 40.2 Å². The second-order valence-corrected chi connectivity index (χ2v) is 9.89. The third kappa shape index (κ3) is 5.50. The summed E-state index contributed by atoms with van der Waals surface area (Å²) in [6.07, 6.45) is 9.73. The smallest absolute Gasteiger partial charge is 0.253 e. The van der Waals surface area contributed by atoms with E-state index >= 15 is 0 Å². The van der Waals surface area contributed by atoms with Crippen molar-refractivity contribution >= 4 is 11.6 Å². The van der Waals surface area contributed by atoms with Crippen LogP contribution in [0.5, 0.6) is 0 Å². The van der Waals surface area contributed by atoms with Crippen LogP contribution in [0.3, 0.4) is 0 Å². The van der Waals surface area contributed by atoms with Crippen LogP contribution in [0.4, 0.5) is 5.69 Å². The molecule has 1 aromatic carbocycles. The highest BCUT2D eigenvalue weighted by Crippen LogP contribution is 2.34. The average molecular weight is 488 g/mol. The molecule has 2 heterocycles. The fourth-order valence-corrected chi connectivity index (χ4v) is 5.32. The SMILES string of the molecule is CCN(c1cc(-c2cnc(C)nc2)cc(C(=O)NCc2c(C)cc(C)[nH]c2=O)c1C)C1CCCCC1. The molecule has 1 aliphatic carbocycles. The second kappa shape index (κ2) is 11.1. The number of aromatic nitrogens is 3. The lowest BCUT2D eigenvalue weighted by molar-refractivity contribution is 0.0950. The molecule has 1 fully saturated rings. The Morgan fingerprint density at radius 3 is 2.36 bits per heavy atom. The second-order valence-electron chi connectivity index (χ2n) is 9.89. The number of rotatable bonds is 7. The molecule has 0 saturated heterocycles. The van der Waals surface area contributed by atoms with Crippen LogP contribution in [0, 0.1) is 27.7 Å². The maximum Gasteiger partial charge on any atom is 0.253 e. The van der Waals surface area contributed by atoms with Gasteiger partial charge >= 0.3 is 0 Å². The summed E-state index contributed by atoms with van der Waals surface area (Å²) in [6, 6.07) is 6.49. The van der Waals surface area contributed by atoms with Gasteiger partial charge in [-0.2, -0.15) is 0 Å². The number of nitrogens with zero attached hydrogens (tertiary/aromatic N) is 3. The molecule has 7 heteroatoms. The largest absolute Gasteiger partial charge is 0.369 e. The highest BCUT2D eigenvalue weighted by molar-refractivity contribution is 5.98. The Morgan fingerprint density at radius 2 is 1.72 bits per heavy atom. The molecule has 0 bridgehead atoms. The number of carbonyl (C=O) groups excluding carboxylic acids is 1. The predicted octanol–water partition coefficient (Wildman–Crippen LogP) is 5.15. The summed E-state index contributed by atoms with van der Waals surface area (Å²) in [6.45, 7) is 10.9. The van der Waals surface area contributed by atoms with Crippen molar-refractivity contribution in [1.82, 2.24) is 20.3 Å². The molecule has 1 aliphatic rings. The summed E-state index contributed by atoms with van der Waals surface area (Å²) in [5.74, 6) is 0.517. The normalized spacial score (nSPS) is 14.0. The minimum Gasteiger partial charge on any atom is -0.369 e. The van der Waals surface area contributed by atoms with Gasteiger partial charge in [-0.1, -0.05) is 19.3 Å². The number of H-pyrrole nitrogens is 1. The van der Waals surface area contributed by atoms with Crippen molar-refractivity contribution in [2.45, 2.75) is 79.3 Å². The van der Waals surface area contributed by atoms with Gasteiger partial charge < -0.3 is 15.2 Å². The first kappa shape index (κ1) is 25.6. The summed E-state index contributed by atoms with van der Waals surface area (Å²) < 4.78 is 0. The van der Waals surface area contributed by atoms with Crippen LogP contribution in [-0.4, -0.2) is 33.4 Å². The van der Waals surface area contributed by atoms with Crippen LogP contribution < -0.4 is 15.8 Å². The van der Waals surface area contributed by atoms with Crippen molar-refractivity contribution in [2.75, 3.05) is 11.4 Å². The molecule has 36 heavy (non-hydrogen) atoms. The standard InChI is InChI=1S/C29H37N5O2/c1-6-34(24-10-8-7-9-11-24)27-14-22(23-15-30-21(5)31-16-23)13-25(20(27)4)28(35)32-17-26-18(2)12-19(3)33-29(26)36/h12-16,24H,6-11,17H2,1-5H3,(H,32,35)(H,33,36). The average Bonchev–Trinajstić information content (AvgIpc) is 2.86. The van der Waals surface area contributed by atoms with E-state index < -0.39 is 0 Å². The van der Waals surface area contributed by atoms with Crippen molar-refractivity contribution < 1.29 is 4.79 Å². The minimum absolute atomic E-state index is 0.162. The summed E-state index contributed by atoms with van der Waals surface area (Å²) in [4.78, 5) is 40.0. The molecule has 3 aromatic rings. The molecule has 2 aromatic heterocycles. The van der Waals surface area contributed by atoms with E-state index in [-0.39, 0.29) is 18.0 Å². The van der Waals surface area contributed by atoms with Gasteiger partial charge in [0.1, 0.15) is 5.82 Å². The lowest BCUT2D eigenvalue weighted by Gasteiger charge is -2.37. The van der Waals surface area contributed by atoms with Crippen molar-refractivity contribution in [3.05, 3.63) is 74.7 Å². The monoisotopic (exact) mass is 487 g/mol. The lowest BCUT2D eigenvalue weighted by atomic mass is 9.92. The van der Waals surface area contributed by atoms with E-state index in [4.69, 9.17) is 0 Å². The van der Waals surface area contributed by atoms with Gasteiger partial charge in [0.25, 0.3) is 11.5 Å². The molecule has 4 rings (SSSR count).